The van der Waals surface area contributed by atoms with E-state index in [1.165, 1.54) is 4.08 Å². The highest BCUT2D eigenvalue weighted by Crippen LogP contribution is 2.27. The maximum atomic E-state index is 12.4. The van der Waals surface area contributed by atoms with Gasteiger partial charge in [-0.3, -0.25) is 0 Å². The average molecular weight is 598 g/mol. The molecule has 0 fully saturated rings. The van der Waals surface area contributed by atoms with E-state index in [1.54, 1.807) is 0 Å². The van der Waals surface area contributed by atoms with Crippen molar-refractivity contribution in [3.8, 4) is 0 Å². The zero-order valence-electron chi connectivity index (χ0n) is 15.4. The van der Waals surface area contributed by atoms with Crippen LogP contribution in [0.4, 0.5) is 26.3 Å². The van der Waals surface area contributed by atoms with Gasteiger partial charge in [-0.25, -0.2) is 8.42 Å². The van der Waals surface area contributed by atoms with Crippen molar-refractivity contribution in [2.24, 2.45) is 0 Å². The summed E-state index contributed by atoms with van der Waals surface area (Å²) in [6, 6.07) is 7.58. The Kier molecular flexibility index (Phi) is 11.1. The van der Waals surface area contributed by atoms with Gasteiger partial charge in [0.05, 0.1) is 0 Å². The van der Waals surface area contributed by atoms with E-state index >= 15 is 0 Å². The van der Waals surface area contributed by atoms with Gasteiger partial charge in [-0.05, 0) is 25.5 Å². The fourth-order valence-corrected chi connectivity index (χ4v) is 3.98. The number of alkyl halides is 6. The third-order valence-electron chi connectivity index (χ3n) is 2.87. The van der Waals surface area contributed by atoms with Crippen molar-refractivity contribution in [3.05, 3.63) is 43.2 Å². The zero-order valence-corrected chi connectivity index (χ0v) is 19.2. The van der Waals surface area contributed by atoms with Crippen molar-refractivity contribution < 1.29 is 73.1 Å². The predicted molar refractivity (Wildman–Crippen MR) is 89.3 cm³/mol. The summed E-state index contributed by atoms with van der Waals surface area (Å²) in [5.41, 5.74) is -9.97. The van der Waals surface area contributed by atoms with Crippen molar-refractivity contribution >= 4 is 20.2 Å². The Hall–Kier alpha value is -1.07. The largest absolute Gasteiger partial charge is 0.741 e. The summed E-state index contributed by atoms with van der Waals surface area (Å²) in [5, 5.41) is 0. The maximum Gasteiger partial charge on any atom is 0.534 e. The molecule has 0 unspecified atom stereocenters. The summed E-state index contributed by atoms with van der Waals surface area (Å²) in [6.45, 7) is 3.80. The zero-order chi connectivity index (χ0) is 23.8. The van der Waals surface area contributed by atoms with Gasteiger partial charge in [-0.15, -0.1) is 0 Å². The van der Waals surface area contributed by atoms with Crippen LogP contribution in [0, 0.1) is 10.5 Å². The van der Waals surface area contributed by atoms with E-state index in [4.69, 9.17) is 13.0 Å². The van der Waals surface area contributed by atoms with Gasteiger partial charge in [-0.1, -0.05) is 31.0 Å². The lowest BCUT2D eigenvalue weighted by molar-refractivity contribution is -0.558. The summed E-state index contributed by atoms with van der Waals surface area (Å²) in [5.74, 6) is -0.118. The van der Waals surface area contributed by atoms with E-state index in [2.05, 4.69) is 4.18 Å². The standard InChI is InChI=1S/C14H17F3IO3S.CHF3O3S/c1-3-4-5-13(21-22(19,20)14(15,16)17)10-18-12-8-6-11(2)7-9-12;2-1(3,4)8(5,6)7/h6-10H,3-5H2,1-2H3;(H,5,6,7)/q+1;/p-1/b13-10+;. The quantitative estimate of drug-likeness (QED) is 0.117. The average Bonchev–Trinajstić information content (AvgIpc) is 2.56. The number of allylic oxidation sites excluding steroid dienone is 1. The molecule has 0 bridgehead atoms. The maximum absolute atomic E-state index is 12.4. The predicted octanol–water partition coefficient (Wildman–Crippen LogP) is 1.20. The van der Waals surface area contributed by atoms with Crippen LogP contribution in [-0.4, -0.2) is 32.4 Å². The molecule has 15 heteroatoms. The number of halogens is 7. The fraction of sp³-hybridized carbons (Fsp3) is 0.467. The number of benzene rings is 1. The molecule has 0 heterocycles. The van der Waals surface area contributed by atoms with Crippen molar-refractivity contribution in [2.45, 2.75) is 44.1 Å². The van der Waals surface area contributed by atoms with E-state index in [9.17, 15) is 34.8 Å². The molecule has 0 radical (unpaired) electrons. The molecular formula is C15H17F6IO6S2. The highest BCUT2D eigenvalue weighted by Gasteiger charge is 2.49. The number of rotatable bonds is 7. The summed E-state index contributed by atoms with van der Waals surface area (Å²) >= 11 is -0.754. The molecule has 0 aliphatic carbocycles. The minimum absolute atomic E-state index is 0.118. The van der Waals surface area contributed by atoms with E-state index in [-0.39, 0.29) is 12.2 Å². The van der Waals surface area contributed by atoms with E-state index in [0.717, 1.165) is 15.6 Å². The number of unbranched alkanes of at least 4 members (excludes halogenated alkanes) is 1. The molecular weight excluding hydrogens is 581 g/mol. The molecule has 0 spiro atoms. The first-order chi connectivity index (χ1) is 13.4. The fourth-order valence-electron chi connectivity index (χ4n) is 1.38. The van der Waals surface area contributed by atoms with Crippen LogP contribution >= 0.6 is 0 Å². The second kappa shape index (κ2) is 11.5. The minimum Gasteiger partial charge on any atom is -0.741 e. The van der Waals surface area contributed by atoms with Gasteiger partial charge in [0.15, 0.2) is 23.5 Å². The van der Waals surface area contributed by atoms with Crippen LogP contribution in [0.25, 0.3) is 0 Å². The van der Waals surface area contributed by atoms with Crippen LogP contribution in [0.5, 0.6) is 0 Å². The van der Waals surface area contributed by atoms with Crippen molar-refractivity contribution in [3.63, 3.8) is 0 Å². The van der Waals surface area contributed by atoms with E-state index < -0.39 is 52.5 Å². The summed E-state index contributed by atoms with van der Waals surface area (Å²) in [7, 11) is -11.7. The van der Waals surface area contributed by atoms with Crippen molar-refractivity contribution in [1.82, 2.24) is 0 Å². The second-order valence-electron chi connectivity index (χ2n) is 5.47. The van der Waals surface area contributed by atoms with Gasteiger partial charge in [0, 0.05) is 6.42 Å². The molecule has 0 atom stereocenters. The molecule has 6 nitrogen and oxygen atoms in total. The van der Waals surface area contributed by atoms with Gasteiger partial charge < -0.3 is 8.74 Å². The van der Waals surface area contributed by atoms with E-state index in [0.29, 0.717) is 6.42 Å². The van der Waals surface area contributed by atoms with Gasteiger partial charge in [0.2, 0.25) is 0 Å². The third-order valence-corrected chi connectivity index (χ3v) is 6.89. The van der Waals surface area contributed by atoms with Crippen LogP contribution in [0.15, 0.2) is 34.1 Å². The highest BCUT2D eigenvalue weighted by molar-refractivity contribution is 7.87. The summed E-state index contributed by atoms with van der Waals surface area (Å²) in [6.07, 6.45) is 1.48. The number of hydrogen-bond acceptors (Lipinski definition) is 6. The smallest absolute Gasteiger partial charge is 0.534 e. The number of hydrogen-bond donors (Lipinski definition) is 0. The molecule has 0 saturated carbocycles. The van der Waals surface area contributed by atoms with Crippen LogP contribution in [0.2, 0.25) is 0 Å². The van der Waals surface area contributed by atoms with Crippen LogP contribution in [0.3, 0.4) is 0 Å². The van der Waals surface area contributed by atoms with Gasteiger partial charge in [0.25, 0.3) is 0 Å². The molecule has 0 N–H and O–H groups in total. The number of aryl methyl sites for hydroxylation is 1. The minimum atomic E-state index is -6.09. The monoisotopic (exact) mass is 598 g/mol. The van der Waals surface area contributed by atoms with Gasteiger partial charge in [0.1, 0.15) is 0 Å². The van der Waals surface area contributed by atoms with Crippen LogP contribution < -0.4 is 21.2 Å². The van der Waals surface area contributed by atoms with Crippen molar-refractivity contribution in [2.75, 3.05) is 0 Å². The second-order valence-corrected chi connectivity index (χ2v) is 10.9. The van der Waals surface area contributed by atoms with Crippen LogP contribution in [0.1, 0.15) is 31.7 Å². The molecule has 174 valence electrons. The van der Waals surface area contributed by atoms with Crippen LogP contribution in [-0.2, 0) is 24.4 Å². The molecule has 1 aromatic carbocycles. The molecule has 0 aromatic heterocycles. The van der Waals surface area contributed by atoms with E-state index in [1.807, 2.05) is 38.1 Å². The molecule has 30 heavy (non-hydrogen) atoms. The third kappa shape index (κ3) is 10.8. The highest BCUT2D eigenvalue weighted by atomic mass is 127. The molecule has 0 aliphatic rings. The molecule has 0 aliphatic heterocycles. The SMILES string of the molecule is CCCC/C(=C\[I+]c1ccc(C)cc1)OS(=O)(=O)C(F)(F)F.O=S(=O)([O-])C(F)(F)F. The Balaban J connectivity index is 0.000000890. The summed E-state index contributed by atoms with van der Waals surface area (Å²) < 4.78 is 125. The molecule has 0 saturated heterocycles. The Morgan fingerprint density at radius 2 is 1.50 bits per heavy atom. The Morgan fingerprint density at radius 3 is 1.87 bits per heavy atom. The normalized spacial score (nSPS) is 13.4. The topological polar surface area (TPSA) is 101 Å². The molecule has 1 rings (SSSR count). The van der Waals surface area contributed by atoms with Gasteiger partial charge in [-0.2, -0.15) is 34.8 Å². The lowest BCUT2D eigenvalue weighted by Crippen LogP contribution is -3.59. The lowest BCUT2D eigenvalue weighted by Gasteiger charge is -2.10. The lowest BCUT2D eigenvalue weighted by atomic mass is 10.2. The van der Waals surface area contributed by atoms with Crippen molar-refractivity contribution in [1.29, 1.82) is 0 Å². The Morgan fingerprint density at radius 1 is 1.03 bits per heavy atom. The first-order valence-electron chi connectivity index (χ1n) is 7.82. The first-order valence-corrected chi connectivity index (χ1v) is 13.0. The summed E-state index contributed by atoms with van der Waals surface area (Å²) in [4.78, 5) is 0. The Bertz CT molecular complexity index is 906. The Labute approximate surface area is 180 Å². The molecule has 0 amide bonds. The van der Waals surface area contributed by atoms with Gasteiger partial charge >= 0.3 is 42.3 Å². The first kappa shape index (κ1) is 28.9. The molecule has 1 aromatic rings.